The number of hydrogen-bond donors (Lipinski definition) is 2. The van der Waals surface area contributed by atoms with Crippen LogP contribution in [-0.4, -0.2) is 22.2 Å². The van der Waals surface area contributed by atoms with Crippen molar-refractivity contribution >= 4 is 0 Å². The lowest BCUT2D eigenvalue weighted by atomic mass is 9.88. The molecule has 2 N–H and O–H groups in total. The third-order valence-corrected chi connectivity index (χ3v) is 3.75. The summed E-state index contributed by atoms with van der Waals surface area (Å²) in [5.74, 6) is 1.27. The molecule has 2 atom stereocenters. The van der Waals surface area contributed by atoms with Gasteiger partial charge in [-0.05, 0) is 23.3 Å². The normalized spacial score (nSPS) is 13.5. The fourth-order valence-electron chi connectivity index (χ4n) is 2.59. The molecule has 3 rings (SSSR count). The van der Waals surface area contributed by atoms with Crippen LogP contribution in [0.15, 0.2) is 67.0 Å². The highest BCUT2D eigenvalue weighted by molar-refractivity contribution is 5.34. The molecular weight excluding hydrogens is 276 g/mol. The lowest BCUT2D eigenvalue weighted by Crippen LogP contribution is -2.14. The first-order chi connectivity index (χ1) is 10.8. The molecule has 0 aliphatic carbocycles. The van der Waals surface area contributed by atoms with E-state index in [1.54, 1.807) is 19.5 Å². The third-order valence-electron chi connectivity index (χ3n) is 3.75. The first-order valence-corrected chi connectivity index (χ1v) is 7.16. The summed E-state index contributed by atoms with van der Waals surface area (Å²) in [5.41, 5.74) is 1.84. The van der Waals surface area contributed by atoms with Gasteiger partial charge in [-0.15, -0.1) is 0 Å². The smallest absolute Gasteiger partial charge is 0.118 e. The van der Waals surface area contributed by atoms with E-state index in [-0.39, 0.29) is 5.92 Å². The largest absolute Gasteiger partial charge is 0.497 e. The summed E-state index contributed by atoms with van der Waals surface area (Å²) in [6.45, 7) is 0. The molecule has 112 valence electrons. The second-order valence-electron chi connectivity index (χ2n) is 5.08. The average Bonchev–Trinajstić information content (AvgIpc) is 3.10. The molecule has 3 aromatic rings. The lowest BCUT2D eigenvalue weighted by Gasteiger charge is -2.22. The van der Waals surface area contributed by atoms with Crippen LogP contribution >= 0.6 is 0 Å². The summed E-state index contributed by atoms with van der Waals surface area (Å²) in [6, 6.07) is 17.3. The molecule has 0 amide bonds. The van der Waals surface area contributed by atoms with E-state index < -0.39 is 6.10 Å². The summed E-state index contributed by atoms with van der Waals surface area (Å²) >= 11 is 0. The van der Waals surface area contributed by atoms with Gasteiger partial charge in [-0.2, -0.15) is 0 Å². The van der Waals surface area contributed by atoms with Gasteiger partial charge in [0.05, 0.1) is 19.1 Å². The number of nitrogens with zero attached hydrogens (tertiary/aromatic N) is 1. The Kier molecular flexibility index (Phi) is 4.21. The Morgan fingerprint density at radius 1 is 1.00 bits per heavy atom. The monoisotopic (exact) mass is 294 g/mol. The summed E-state index contributed by atoms with van der Waals surface area (Å²) in [4.78, 5) is 7.45. The fourth-order valence-corrected chi connectivity index (χ4v) is 2.59. The molecule has 0 saturated heterocycles. The standard InChI is InChI=1S/C18H18N2O2/c1-22-15-9-7-14(8-10-15)17(21)16(18-19-11-12-20-18)13-5-3-2-4-6-13/h2-12,16-17,21H,1H3,(H,19,20). The number of aliphatic hydroxyl groups is 1. The van der Waals surface area contributed by atoms with E-state index in [0.717, 1.165) is 22.7 Å². The van der Waals surface area contributed by atoms with Crippen LogP contribution in [0.1, 0.15) is 29.0 Å². The molecule has 2 aromatic carbocycles. The van der Waals surface area contributed by atoms with Gasteiger partial charge < -0.3 is 14.8 Å². The van der Waals surface area contributed by atoms with Crippen molar-refractivity contribution in [3.05, 3.63) is 83.9 Å². The highest BCUT2D eigenvalue weighted by atomic mass is 16.5. The maximum absolute atomic E-state index is 10.9. The number of H-pyrrole nitrogens is 1. The number of benzene rings is 2. The number of aromatic nitrogens is 2. The first-order valence-electron chi connectivity index (χ1n) is 7.16. The molecule has 0 saturated carbocycles. The van der Waals surface area contributed by atoms with E-state index >= 15 is 0 Å². The zero-order chi connectivity index (χ0) is 15.4. The van der Waals surface area contributed by atoms with Crippen molar-refractivity contribution in [1.29, 1.82) is 0 Å². The lowest BCUT2D eigenvalue weighted by molar-refractivity contribution is 0.156. The van der Waals surface area contributed by atoms with E-state index in [0.29, 0.717) is 0 Å². The summed E-state index contributed by atoms with van der Waals surface area (Å²) in [6.07, 6.45) is 2.78. The number of aliphatic hydroxyl groups excluding tert-OH is 1. The van der Waals surface area contributed by atoms with Gasteiger partial charge in [0.25, 0.3) is 0 Å². The second-order valence-corrected chi connectivity index (χ2v) is 5.08. The number of aromatic amines is 1. The number of imidazole rings is 1. The molecule has 4 heteroatoms. The van der Waals surface area contributed by atoms with Crippen molar-refractivity contribution in [2.24, 2.45) is 0 Å². The van der Waals surface area contributed by atoms with Crippen LogP contribution in [0.2, 0.25) is 0 Å². The number of hydrogen-bond acceptors (Lipinski definition) is 3. The van der Waals surface area contributed by atoms with Gasteiger partial charge in [0.1, 0.15) is 11.6 Å². The van der Waals surface area contributed by atoms with E-state index in [1.165, 1.54) is 0 Å². The number of rotatable bonds is 5. The van der Waals surface area contributed by atoms with E-state index in [9.17, 15) is 5.11 Å². The molecule has 0 radical (unpaired) electrons. The molecule has 0 aliphatic heterocycles. The van der Waals surface area contributed by atoms with Gasteiger partial charge in [0, 0.05) is 12.4 Å². The predicted octanol–water partition coefficient (Wildman–Crippen LogP) is 3.28. The topological polar surface area (TPSA) is 58.1 Å². The maximum atomic E-state index is 10.9. The van der Waals surface area contributed by atoms with E-state index in [2.05, 4.69) is 9.97 Å². The predicted molar refractivity (Wildman–Crippen MR) is 84.8 cm³/mol. The summed E-state index contributed by atoms with van der Waals surface area (Å²) in [5, 5.41) is 10.9. The Labute approximate surface area is 129 Å². The quantitative estimate of drug-likeness (QED) is 0.759. The average molecular weight is 294 g/mol. The Balaban J connectivity index is 1.98. The van der Waals surface area contributed by atoms with Crippen LogP contribution in [0.25, 0.3) is 0 Å². The van der Waals surface area contributed by atoms with Crippen molar-refractivity contribution in [2.75, 3.05) is 7.11 Å². The van der Waals surface area contributed by atoms with Crippen LogP contribution in [0.5, 0.6) is 5.75 Å². The zero-order valence-corrected chi connectivity index (χ0v) is 12.3. The van der Waals surface area contributed by atoms with Gasteiger partial charge in [-0.3, -0.25) is 0 Å². The number of nitrogens with one attached hydrogen (secondary N) is 1. The molecule has 2 unspecified atom stereocenters. The molecule has 0 spiro atoms. The minimum Gasteiger partial charge on any atom is -0.497 e. The SMILES string of the molecule is COc1ccc(C(O)C(c2ccccc2)c2ncc[nH]2)cc1. The Bertz CT molecular complexity index is 694. The van der Waals surface area contributed by atoms with Crippen molar-refractivity contribution in [1.82, 2.24) is 9.97 Å². The van der Waals surface area contributed by atoms with E-state index in [4.69, 9.17) is 4.74 Å². The van der Waals surface area contributed by atoms with Gasteiger partial charge in [0.15, 0.2) is 0 Å². The number of methoxy groups -OCH3 is 1. The van der Waals surface area contributed by atoms with Crippen molar-refractivity contribution in [3.8, 4) is 5.75 Å². The molecule has 4 nitrogen and oxygen atoms in total. The molecule has 1 heterocycles. The maximum Gasteiger partial charge on any atom is 0.118 e. The summed E-state index contributed by atoms with van der Waals surface area (Å²) < 4.78 is 5.17. The second kappa shape index (κ2) is 6.45. The minimum absolute atomic E-state index is 0.246. The van der Waals surface area contributed by atoms with Gasteiger partial charge in [-0.1, -0.05) is 42.5 Å². The van der Waals surface area contributed by atoms with Crippen LogP contribution in [0.3, 0.4) is 0 Å². The molecule has 1 aromatic heterocycles. The van der Waals surface area contributed by atoms with Crippen LogP contribution in [0.4, 0.5) is 0 Å². The molecule has 0 bridgehead atoms. The molecule has 0 aliphatic rings. The molecule has 0 fully saturated rings. The zero-order valence-electron chi connectivity index (χ0n) is 12.3. The van der Waals surface area contributed by atoms with E-state index in [1.807, 2.05) is 54.6 Å². The number of ether oxygens (including phenoxy) is 1. The van der Waals surface area contributed by atoms with Crippen LogP contribution in [-0.2, 0) is 0 Å². The van der Waals surface area contributed by atoms with Crippen LogP contribution < -0.4 is 4.74 Å². The Hall–Kier alpha value is -2.59. The van der Waals surface area contributed by atoms with Gasteiger partial charge >= 0.3 is 0 Å². The fraction of sp³-hybridized carbons (Fsp3) is 0.167. The first kappa shape index (κ1) is 14.4. The van der Waals surface area contributed by atoms with Gasteiger partial charge in [-0.25, -0.2) is 4.98 Å². The van der Waals surface area contributed by atoms with Crippen molar-refractivity contribution < 1.29 is 9.84 Å². The highest BCUT2D eigenvalue weighted by Gasteiger charge is 2.26. The van der Waals surface area contributed by atoms with Crippen molar-refractivity contribution in [3.63, 3.8) is 0 Å². The molecule has 22 heavy (non-hydrogen) atoms. The van der Waals surface area contributed by atoms with Gasteiger partial charge in [0.2, 0.25) is 0 Å². The molecular formula is C18H18N2O2. The third kappa shape index (κ3) is 2.87. The highest BCUT2D eigenvalue weighted by Crippen LogP contribution is 2.35. The Morgan fingerprint density at radius 2 is 1.73 bits per heavy atom. The minimum atomic E-state index is -0.695. The van der Waals surface area contributed by atoms with Crippen molar-refractivity contribution in [2.45, 2.75) is 12.0 Å². The Morgan fingerprint density at radius 3 is 2.32 bits per heavy atom. The van der Waals surface area contributed by atoms with Crippen LogP contribution in [0, 0.1) is 0 Å². The summed E-state index contributed by atoms with van der Waals surface area (Å²) in [7, 11) is 1.63.